The Kier molecular flexibility index (Phi) is 5.69. The van der Waals surface area contributed by atoms with Gasteiger partial charge < -0.3 is 25.5 Å². The van der Waals surface area contributed by atoms with Crippen molar-refractivity contribution in [3.8, 4) is 12.3 Å². The van der Waals surface area contributed by atoms with Gasteiger partial charge in [-0.3, -0.25) is 5.10 Å². The average molecular weight is 426 g/mol. The molecule has 4 N–H and O–H groups in total. The van der Waals surface area contributed by atoms with Crippen LogP contribution in [0.1, 0.15) is 43.7 Å². The van der Waals surface area contributed by atoms with Crippen molar-refractivity contribution in [1.29, 1.82) is 5.41 Å². The lowest BCUT2D eigenvalue weighted by molar-refractivity contribution is -0.0341. The smallest absolute Gasteiger partial charge is 0.170 e. The van der Waals surface area contributed by atoms with Crippen LogP contribution in [0.25, 0.3) is 0 Å². The van der Waals surface area contributed by atoms with Crippen LogP contribution in [-0.4, -0.2) is 58.0 Å². The Hall–Kier alpha value is -2.96. The second kappa shape index (κ2) is 8.29. The molecule has 1 atom stereocenters. The molecule has 1 saturated carbocycles. The monoisotopic (exact) mass is 426 g/mol. The molecule has 2 fully saturated rings. The zero-order valence-electron chi connectivity index (χ0n) is 17.5. The highest BCUT2D eigenvalue weighted by atomic mass is 19.1. The number of nitrogens with zero attached hydrogens (tertiary/aromatic N) is 3. The lowest BCUT2D eigenvalue weighted by Crippen LogP contribution is -2.44. The Balaban J connectivity index is 1.79. The van der Waals surface area contributed by atoms with Gasteiger partial charge in [-0.15, -0.1) is 6.42 Å². The second-order valence-electron chi connectivity index (χ2n) is 8.29. The van der Waals surface area contributed by atoms with Crippen LogP contribution >= 0.6 is 0 Å². The molecular formula is C22H27FN6O2. The highest BCUT2D eigenvalue weighted by molar-refractivity contribution is 5.89. The molecule has 0 aromatic carbocycles. The van der Waals surface area contributed by atoms with Gasteiger partial charge in [-0.05, 0) is 44.2 Å². The summed E-state index contributed by atoms with van der Waals surface area (Å²) in [5, 5.41) is 29.5. The van der Waals surface area contributed by atoms with Crippen LogP contribution in [0.4, 0.5) is 21.8 Å². The van der Waals surface area contributed by atoms with Gasteiger partial charge in [0, 0.05) is 24.4 Å². The minimum absolute atomic E-state index is 0.0619. The molecule has 9 heteroatoms. The number of nitrogens with one attached hydrogen (secondary N) is 3. The minimum Gasteiger partial charge on any atom is -0.385 e. The fraction of sp³-hybridized carbons (Fsp3) is 0.500. The first-order valence-electron chi connectivity index (χ1n) is 10.4. The van der Waals surface area contributed by atoms with E-state index in [9.17, 15) is 9.50 Å². The van der Waals surface area contributed by atoms with Crippen molar-refractivity contribution < 1.29 is 14.2 Å². The first-order valence-corrected chi connectivity index (χ1v) is 10.4. The predicted molar refractivity (Wildman–Crippen MR) is 117 cm³/mol. The van der Waals surface area contributed by atoms with Gasteiger partial charge in [-0.2, -0.15) is 5.10 Å². The zero-order valence-corrected chi connectivity index (χ0v) is 17.5. The molecular weight excluding hydrogens is 399 g/mol. The number of terminal acetylenes is 1. The minimum atomic E-state index is -1.71. The number of morpholine rings is 1. The van der Waals surface area contributed by atoms with Crippen LogP contribution in [0.15, 0.2) is 18.3 Å². The van der Waals surface area contributed by atoms with E-state index in [0.29, 0.717) is 48.3 Å². The van der Waals surface area contributed by atoms with E-state index in [-0.39, 0.29) is 31.7 Å². The van der Waals surface area contributed by atoms with Crippen LogP contribution in [0, 0.1) is 17.8 Å². The van der Waals surface area contributed by atoms with Crippen LogP contribution in [-0.2, 0) is 10.3 Å². The molecule has 1 saturated heterocycles. The molecule has 0 spiro atoms. The summed E-state index contributed by atoms with van der Waals surface area (Å²) in [6.45, 7) is 3.86. The van der Waals surface area contributed by atoms with Gasteiger partial charge in [0.25, 0.3) is 0 Å². The molecule has 2 aromatic rings. The summed E-state index contributed by atoms with van der Waals surface area (Å²) in [7, 11) is 0. The predicted octanol–water partition coefficient (Wildman–Crippen LogP) is 2.87. The van der Waals surface area contributed by atoms with Gasteiger partial charge in [0.05, 0.1) is 31.1 Å². The topological polar surface area (TPSA) is 110 Å². The maximum Gasteiger partial charge on any atom is 0.170 e. The molecule has 3 heterocycles. The number of rotatable bonds is 5. The van der Waals surface area contributed by atoms with Crippen LogP contribution in [0.2, 0.25) is 0 Å². The average Bonchev–Trinajstić information content (AvgIpc) is 3.29. The van der Waals surface area contributed by atoms with Crippen molar-refractivity contribution in [3.63, 3.8) is 0 Å². The third-order valence-corrected chi connectivity index (χ3v) is 6.23. The molecule has 164 valence electrons. The first-order chi connectivity index (χ1) is 14.9. The summed E-state index contributed by atoms with van der Waals surface area (Å²) in [5.41, 5.74) is -2.01. The Bertz CT molecular complexity index is 979. The van der Waals surface area contributed by atoms with Crippen molar-refractivity contribution >= 4 is 23.7 Å². The van der Waals surface area contributed by atoms with Crippen LogP contribution < -0.4 is 10.2 Å². The number of aromatic nitrogens is 3. The Morgan fingerprint density at radius 1 is 1.45 bits per heavy atom. The quantitative estimate of drug-likeness (QED) is 0.432. The molecule has 1 aliphatic heterocycles. The normalized spacial score (nSPS) is 28.7. The second-order valence-corrected chi connectivity index (χ2v) is 8.29. The maximum absolute atomic E-state index is 14.6. The fourth-order valence-corrected chi connectivity index (χ4v) is 4.31. The number of hydrogen-bond acceptors (Lipinski definition) is 7. The van der Waals surface area contributed by atoms with Gasteiger partial charge >= 0.3 is 0 Å². The molecule has 2 aromatic heterocycles. The summed E-state index contributed by atoms with van der Waals surface area (Å²) in [4.78, 5) is 6.88. The number of aromatic amines is 1. The van der Waals surface area contributed by atoms with E-state index >= 15 is 0 Å². The molecule has 4 rings (SSSR count). The van der Waals surface area contributed by atoms with E-state index in [4.69, 9.17) is 21.6 Å². The van der Waals surface area contributed by atoms with Crippen molar-refractivity contribution in [1.82, 2.24) is 15.2 Å². The Labute approximate surface area is 180 Å². The Morgan fingerprint density at radius 3 is 2.84 bits per heavy atom. The lowest BCUT2D eigenvalue weighted by atomic mass is 9.73. The standard InChI is InChI=1S/C22H27FN6O2/c1-3-21(23)5-7-22(30,8-6-21)17-12-19(29-10-11-31-14-15(29)2)27-20(16(17)13-24)26-18-4-9-25-28-18/h1,4,9,12-13,15,24,30H,5-8,10-11,14H2,2H3,(H2,25,26,27,28)/t15-,21?,22?/m1/s1. The highest BCUT2D eigenvalue weighted by Gasteiger charge is 2.44. The number of H-pyrrole nitrogens is 1. The Morgan fingerprint density at radius 2 is 2.23 bits per heavy atom. The van der Waals surface area contributed by atoms with E-state index in [2.05, 4.69) is 26.3 Å². The van der Waals surface area contributed by atoms with E-state index in [0.717, 1.165) is 0 Å². The number of halogens is 1. The molecule has 0 amide bonds. The largest absolute Gasteiger partial charge is 0.385 e. The molecule has 1 aliphatic carbocycles. The number of anilines is 3. The number of aliphatic hydroxyl groups is 1. The van der Waals surface area contributed by atoms with E-state index in [1.54, 1.807) is 12.3 Å². The van der Waals surface area contributed by atoms with Crippen molar-refractivity contribution in [2.45, 2.75) is 49.9 Å². The van der Waals surface area contributed by atoms with Crippen LogP contribution in [0.3, 0.4) is 0 Å². The third-order valence-electron chi connectivity index (χ3n) is 6.23. The maximum atomic E-state index is 14.6. The van der Waals surface area contributed by atoms with Gasteiger partial charge in [0.1, 0.15) is 17.5 Å². The molecule has 31 heavy (non-hydrogen) atoms. The van der Waals surface area contributed by atoms with Gasteiger partial charge in [0.15, 0.2) is 5.67 Å². The lowest BCUT2D eigenvalue weighted by Gasteiger charge is -2.40. The number of ether oxygens (including phenoxy) is 1. The summed E-state index contributed by atoms with van der Waals surface area (Å²) in [6, 6.07) is 3.67. The fourth-order valence-electron chi connectivity index (χ4n) is 4.31. The molecule has 2 aliphatic rings. The molecule has 0 radical (unpaired) electrons. The summed E-state index contributed by atoms with van der Waals surface area (Å²) in [6.07, 6.45) is 8.60. The van der Waals surface area contributed by atoms with E-state index in [1.807, 2.05) is 13.0 Å². The third kappa shape index (κ3) is 4.13. The summed E-state index contributed by atoms with van der Waals surface area (Å²) in [5.74, 6) is 3.93. The van der Waals surface area contributed by atoms with E-state index in [1.165, 1.54) is 6.21 Å². The number of alkyl halides is 1. The SMILES string of the molecule is C#CC1(F)CCC(O)(c2cc(N3CCOC[C@H]3C)nc(Nc3ccn[nH]3)c2C=N)CC1. The molecule has 0 unspecified atom stereocenters. The summed E-state index contributed by atoms with van der Waals surface area (Å²) >= 11 is 0. The number of pyridine rings is 1. The molecule has 8 nitrogen and oxygen atoms in total. The van der Waals surface area contributed by atoms with E-state index < -0.39 is 11.3 Å². The zero-order chi connectivity index (χ0) is 22.1. The van der Waals surface area contributed by atoms with Crippen molar-refractivity contribution in [3.05, 3.63) is 29.5 Å². The highest BCUT2D eigenvalue weighted by Crippen LogP contribution is 2.45. The number of hydrogen-bond donors (Lipinski definition) is 4. The molecule has 0 bridgehead atoms. The summed E-state index contributed by atoms with van der Waals surface area (Å²) < 4.78 is 20.2. The first kappa shape index (κ1) is 21.3. The van der Waals surface area contributed by atoms with Gasteiger partial charge in [-0.25, -0.2) is 9.37 Å². The van der Waals surface area contributed by atoms with Crippen LogP contribution in [0.5, 0.6) is 0 Å². The van der Waals surface area contributed by atoms with Crippen molar-refractivity contribution in [2.24, 2.45) is 0 Å². The van der Waals surface area contributed by atoms with Gasteiger partial charge in [0.2, 0.25) is 0 Å². The van der Waals surface area contributed by atoms with Gasteiger partial charge in [-0.1, -0.05) is 5.92 Å². The van der Waals surface area contributed by atoms with Crippen molar-refractivity contribution in [2.75, 3.05) is 30.0 Å².